The first-order chi connectivity index (χ1) is 11.2. The number of carboxylic acids is 1. The number of nitrogens with one attached hydrogen (secondary N) is 1. The van der Waals surface area contributed by atoms with E-state index in [1.165, 1.54) is 25.1 Å². The van der Waals surface area contributed by atoms with Crippen LogP contribution in [-0.4, -0.2) is 26.8 Å². The van der Waals surface area contributed by atoms with Crippen LogP contribution in [-0.2, 0) is 4.79 Å². The Morgan fingerprint density at radius 1 is 1.29 bits per heavy atom. The number of aryl methyl sites for hydroxylation is 2. The number of amides is 1. The number of hydrogen-bond acceptors (Lipinski definition) is 3. The van der Waals surface area contributed by atoms with Gasteiger partial charge in [-0.1, -0.05) is 12.1 Å². The van der Waals surface area contributed by atoms with Gasteiger partial charge in [0.25, 0.3) is 5.91 Å². The smallest absolute Gasteiger partial charge is 0.330 e. The monoisotopic (exact) mass is 333 g/mol. The summed E-state index contributed by atoms with van der Waals surface area (Å²) in [5.74, 6) is -2.18. The number of aromatic nitrogens is 2. The van der Waals surface area contributed by atoms with Gasteiger partial charge in [0.1, 0.15) is 5.82 Å². The largest absolute Gasteiger partial charge is 0.479 e. The van der Waals surface area contributed by atoms with Crippen LogP contribution in [0, 0.1) is 19.7 Å². The molecule has 0 bridgehead atoms. The third kappa shape index (κ3) is 3.61. The molecule has 2 aromatic rings. The third-order valence-corrected chi connectivity index (χ3v) is 3.73. The molecule has 2 rings (SSSR count). The lowest BCUT2D eigenvalue weighted by molar-refractivity contribution is -0.139. The van der Waals surface area contributed by atoms with Gasteiger partial charge in [0.2, 0.25) is 0 Å². The van der Waals surface area contributed by atoms with E-state index in [0.29, 0.717) is 22.4 Å². The summed E-state index contributed by atoms with van der Waals surface area (Å²) in [6.07, 6.45) is 1.59. The van der Waals surface area contributed by atoms with Crippen LogP contribution in [0.5, 0.6) is 0 Å². The lowest BCUT2D eigenvalue weighted by atomic mass is 10.0. The minimum absolute atomic E-state index is 0.0836. The highest BCUT2D eigenvalue weighted by Gasteiger charge is 2.25. The fourth-order valence-corrected chi connectivity index (χ4v) is 2.31. The zero-order valence-electron chi connectivity index (χ0n) is 14.0. The van der Waals surface area contributed by atoms with Gasteiger partial charge in [0, 0.05) is 12.2 Å². The normalized spacial score (nSPS) is 12.2. The summed E-state index contributed by atoms with van der Waals surface area (Å²) in [7, 11) is 0. The topological polar surface area (TPSA) is 84.2 Å². The quantitative estimate of drug-likeness (QED) is 0.881. The SMILES string of the molecule is Cc1cc(C(NC(=O)c2cn(C(C)C)nc2C)C(=O)O)ccc1F. The van der Waals surface area contributed by atoms with E-state index in [-0.39, 0.29) is 6.04 Å². The van der Waals surface area contributed by atoms with E-state index >= 15 is 0 Å². The number of benzene rings is 1. The Balaban J connectivity index is 2.29. The van der Waals surface area contributed by atoms with Gasteiger partial charge in [-0.15, -0.1) is 0 Å². The van der Waals surface area contributed by atoms with E-state index in [2.05, 4.69) is 10.4 Å². The van der Waals surface area contributed by atoms with Crippen molar-refractivity contribution in [3.63, 3.8) is 0 Å². The number of nitrogens with zero attached hydrogens (tertiary/aromatic N) is 2. The van der Waals surface area contributed by atoms with Gasteiger partial charge in [-0.2, -0.15) is 5.10 Å². The number of rotatable bonds is 5. The predicted octanol–water partition coefficient (Wildman–Crippen LogP) is 2.78. The van der Waals surface area contributed by atoms with Gasteiger partial charge < -0.3 is 10.4 Å². The second-order valence-electron chi connectivity index (χ2n) is 5.96. The van der Waals surface area contributed by atoms with Crippen LogP contribution in [0.4, 0.5) is 4.39 Å². The Hall–Kier alpha value is -2.70. The number of hydrogen-bond donors (Lipinski definition) is 2. The molecule has 0 spiro atoms. The molecule has 7 heteroatoms. The maximum Gasteiger partial charge on any atom is 0.330 e. The number of carbonyl (C=O) groups is 2. The predicted molar refractivity (Wildman–Crippen MR) is 86.3 cm³/mol. The summed E-state index contributed by atoms with van der Waals surface area (Å²) in [6, 6.07) is 2.78. The van der Waals surface area contributed by atoms with Crippen LogP contribution in [0.25, 0.3) is 0 Å². The van der Waals surface area contributed by atoms with Crippen molar-refractivity contribution < 1.29 is 19.1 Å². The van der Waals surface area contributed by atoms with Crippen molar-refractivity contribution in [1.29, 1.82) is 0 Å². The average molecular weight is 333 g/mol. The number of halogens is 1. The maximum absolute atomic E-state index is 13.4. The van der Waals surface area contributed by atoms with Crippen LogP contribution < -0.4 is 5.32 Å². The summed E-state index contributed by atoms with van der Waals surface area (Å²) in [4.78, 5) is 24.0. The van der Waals surface area contributed by atoms with Gasteiger partial charge in [-0.3, -0.25) is 9.48 Å². The highest BCUT2D eigenvalue weighted by Crippen LogP contribution is 2.19. The van der Waals surface area contributed by atoms with E-state index < -0.39 is 23.7 Å². The Kier molecular flexibility index (Phi) is 5.02. The van der Waals surface area contributed by atoms with Crippen LogP contribution in [0.3, 0.4) is 0 Å². The second-order valence-corrected chi connectivity index (χ2v) is 5.96. The van der Waals surface area contributed by atoms with E-state index in [4.69, 9.17) is 0 Å². The van der Waals surface area contributed by atoms with Crippen LogP contribution in [0.1, 0.15) is 53.1 Å². The van der Waals surface area contributed by atoms with Crippen molar-refractivity contribution in [3.05, 3.63) is 52.6 Å². The Bertz CT molecular complexity index is 783. The molecule has 1 aromatic heterocycles. The molecule has 24 heavy (non-hydrogen) atoms. The Morgan fingerprint density at radius 2 is 1.96 bits per heavy atom. The first-order valence-corrected chi connectivity index (χ1v) is 7.56. The van der Waals surface area contributed by atoms with Crippen molar-refractivity contribution >= 4 is 11.9 Å². The molecule has 2 N–H and O–H groups in total. The zero-order chi connectivity index (χ0) is 18.0. The second kappa shape index (κ2) is 6.82. The molecule has 1 atom stereocenters. The lowest BCUT2D eigenvalue weighted by Gasteiger charge is -2.15. The van der Waals surface area contributed by atoms with Crippen molar-refractivity contribution in [1.82, 2.24) is 15.1 Å². The van der Waals surface area contributed by atoms with Crippen LogP contribution in [0.15, 0.2) is 24.4 Å². The Labute approximate surface area is 139 Å². The first-order valence-electron chi connectivity index (χ1n) is 7.56. The molecule has 0 aliphatic heterocycles. The molecule has 1 aromatic carbocycles. The van der Waals surface area contributed by atoms with Crippen molar-refractivity contribution in [3.8, 4) is 0 Å². The van der Waals surface area contributed by atoms with E-state index in [1.807, 2.05) is 13.8 Å². The fraction of sp³-hybridized carbons (Fsp3) is 0.353. The van der Waals surface area contributed by atoms with Gasteiger partial charge in [-0.05, 0) is 44.9 Å². The molecule has 0 fully saturated rings. The molecule has 0 saturated carbocycles. The number of aliphatic carboxylic acids is 1. The van der Waals surface area contributed by atoms with Gasteiger partial charge in [0.15, 0.2) is 6.04 Å². The van der Waals surface area contributed by atoms with Gasteiger partial charge >= 0.3 is 5.97 Å². The van der Waals surface area contributed by atoms with Gasteiger partial charge in [-0.25, -0.2) is 9.18 Å². The zero-order valence-corrected chi connectivity index (χ0v) is 14.0. The minimum atomic E-state index is -1.27. The summed E-state index contributed by atoms with van der Waals surface area (Å²) in [5, 5.41) is 16.1. The molecule has 0 saturated heterocycles. The molecule has 0 aliphatic rings. The third-order valence-electron chi connectivity index (χ3n) is 3.73. The first kappa shape index (κ1) is 17.7. The highest BCUT2D eigenvalue weighted by atomic mass is 19.1. The fourth-order valence-electron chi connectivity index (χ4n) is 2.31. The average Bonchev–Trinajstić information content (AvgIpc) is 2.89. The molecule has 1 amide bonds. The number of carbonyl (C=O) groups excluding carboxylic acids is 1. The van der Waals surface area contributed by atoms with Crippen molar-refractivity contribution in [2.45, 2.75) is 39.8 Å². The summed E-state index contributed by atoms with van der Waals surface area (Å²) in [6.45, 7) is 7.08. The van der Waals surface area contributed by atoms with Crippen LogP contribution in [0.2, 0.25) is 0 Å². The van der Waals surface area contributed by atoms with E-state index in [1.54, 1.807) is 17.8 Å². The molecule has 0 radical (unpaired) electrons. The summed E-state index contributed by atoms with van der Waals surface area (Å²) < 4.78 is 15.0. The van der Waals surface area contributed by atoms with Crippen molar-refractivity contribution in [2.75, 3.05) is 0 Å². The molecule has 1 unspecified atom stereocenters. The molecule has 6 nitrogen and oxygen atoms in total. The van der Waals surface area contributed by atoms with Crippen LogP contribution >= 0.6 is 0 Å². The standard InChI is InChI=1S/C17H20FN3O3/c1-9(2)21-8-13(11(4)20-21)16(22)19-15(17(23)24)12-5-6-14(18)10(3)7-12/h5-9,15H,1-4H3,(H,19,22)(H,23,24). The number of carboxylic acid groups (broad SMARTS) is 1. The van der Waals surface area contributed by atoms with Gasteiger partial charge in [0.05, 0.1) is 11.3 Å². The lowest BCUT2D eigenvalue weighted by Crippen LogP contribution is -2.34. The minimum Gasteiger partial charge on any atom is -0.479 e. The molecule has 0 aliphatic carbocycles. The molecular formula is C17H20FN3O3. The van der Waals surface area contributed by atoms with E-state index in [0.717, 1.165) is 0 Å². The van der Waals surface area contributed by atoms with E-state index in [9.17, 15) is 19.1 Å². The molecule has 128 valence electrons. The Morgan fingerprint density at radius 3 is 2.46 bits per heavy atom. The van der Waals surface area contributed by atoms with Crippen molar-refractivity contribution in [2.24, 2.45) is 0 Å². The highest BCUT2D eigenvalue weighted by molar-refractivity contribution is 5.97. The summed E-state index contributed by atoms with van der Waals surface area (Å²) >= 11 is 0. The molecular weight excluding hydrogens is 313 g/mol. The molecule has 1 heterocycles. The summed E-state index contributed by atoms with van der Waals surface area (Å²) in [5.41, 5.74) is 1.45. The maximum atomic E-state index is 13.4.